The molecule has 5 rings (SSSR count). The van der Waals surface area contributed by atoms with Gasteiger partial charge in [0.1, 0.15) is 5.82 Å². The fraction of sp³-hybridized carbons (Fsp3) is 0.364. The lowest BCUT2D eigenvalue weighted by molar-refractivity contribution is 0.122. The first kappa shape index (κ1) is 16.8. The lowest BCUT2D eigenvalue weighted by atomic mass is 9.91. The number of hydrogen-bond acceptors (Lipinski definition) is 3. The number of ether oxygens (including phenoxy) is 1. The molecule has 140 valence electrons. The van der Waals surface area contributed by atoms with Crippen LogP contribution >= 0.6 is 0 Å². The van der Waals surface area contributed by atoms with Gasteiger partial charge in [0, 0.05) is 41.4 Å². The molecule has 0 unspecified atom stereocenters. The first-order valence-electron chi connectivity index (χ1n) is 9.68. The third-order valence-corrected chi connectivity index (χ3v) is 5.75. The van der Waals surface area contributed by atoms with Gasteiger partial charge in [-0.3, -0.25) is 0 Å². The lowest BCUT2D eigenvalue weighted by Crippen LogP contribution is -2.38. The number of H-pyrrole nitrogens is 1. The molecule has 0 radical (unpaired) electrons. The lowest BCUT2D eigenvalue weighted by Gasteiger charge is -2.31. The number of morpholine rings is 1. The van der Waals surface area contributed by atoms with Gasteiger partial charge >= 0.3 is 0 Å². The van der Waals surface area contributed by atoms with E-state index in [-0.39, 0.29) is 11.9 Å². The second-order valence-corrected chi connectivity index (χ2v) is 7.60. The van der Waals surface area contributed by atoms with Crippen LogP contribution in [-0.2, 0) is 11.2 Å². The molecule has 4 nitrogen and oxygen atoms in total. The standard InChI is InChI=1S/C22H24FN3O/c1-14-12-19-18-13-16(23)4-7-20(18)25-22(19)21(24-14)15-2-5-17(6-3-15)26-8-10-27-11-9-26/h2-7,13-14,21,24-25H,8-12H2,1H3/t14-,21-/m0/s1. The molecule has 0 saturated carbocycles. The summed E-state index contributed by atoms with van der Waals surface area (Å²) in [5.41, 5.74) is 5.87. The van der Waals surface area contributed by atoms with Crippen molar-refractivity contribution in [3.8, 4) is 0 Å². The van der Waals surface area contributed by atoms with Crippen molar-refractivity contribution < 1.29 is 9.13 Å². The zero-order chi connectivity index (χ0) is 18.4. The predicted molar refractivity (Wildman–Crippen MR) is 106 cm³/mol. The van der Waals surface area contributed by atoms with E-state index in [1.54, 1.807) is 6.07 Å². The van der Waals surface area contributed by atoms with E-state index in [4.69, 9.17) is 4.74 Å². The van der Waals surface area contributed by atoms with Crippen LogP contribution in [0.1, 0.15) is 29.8 Å². The molecule has 0 spiro atoms. The molecule has 3 heterocycles. The molecule has 2 N–H and O–H groups in total. The van der Waals surface area contributed by atoms with E-state index >= 15 is 0 Å². The number of hydrogen-bond donors (Lipinski definition) is 2. The number of halogens is 1. The summed E-state index contributed by atoms with van der Waals surface area (Å²) in [5, 5.41) is 4.71. The smallest absolute Gasteiger partial charge is 0.123 e. The Labute approximate surface area is 158 Å². The second-order valence-electron chi connectivity index (χ2n) is 7.60. The summed E-state index contributed by atoms with van der Waals surface area (Å²) in [5.74, 6) is -0.179. The van der Waals surface area contributed by atoms with Crippen LogP contribution in [0.5, 0.6) is 0 Å². The number of aromatic nitrogens is 1. The molecule has 1 fully saturated rings. The topological polar surface area (TPSA) is 40.3 Å². The maximum atomic E-state index is 13.8. The highest BCUT2D eigenvalue weighted by atomic mass is 19.1. The first-order chi connectivity index (χ1) is 13.2. The summed E-state index contributed by atoms with van der Waals surface area (Å²) in [4.78, 5) is 5.90. The Morgan fingerprint density at radius 2 is 1.85 bits per heavy atom. The van der Waals surface area contributed by atoms with Gasteiger partial charge in [0.25, 0.3) is 0 Å². The summed E-state index contributed by atoms with van der Waals surface area (Å²) in [7, 11) is 0. The first-order valence-corrected chi connectivity index (χ1v) is 9.68. The van der Waals surface area contributed by atoms with E-state index in [0.717, 1.165) is 49.3 Å². The molecule has 2 atom stereocenters. The average Bonchev–Trinajstić information content (AvgIpc) is 3.06. The van der Waals surface area contributed by atoms with Gasteiger partial charge in [-0.1, -0.05) is 12.1 Å². The molecule has 0 amide bonds. The molecule has 5 heteroatoms. The number of nitrogens with one attached hydrogen (secondary N) is 2. The Hall–Kier alpha value is -2.37. The van der Waals surface area contributed by atoms with Gasteiger partial charge < -0.3 is 19.9 Å². The summed E-state index contributed by atoms with van der Waals surface area (Å²) in [6.45, 7) is 5.65. The van der Waals surface area contributed by atoms with E-state index < -0.39 is 0 Å². The van der Waals surface area contributed by atoms with Crippen LogP contribution in [0.25, 0.3) is 10.9 Å². The van der Waals surface area contributed by atoms with Gasteiger partial charge in [0.2, 0.25) is 0 Å². The fourth-order valence-electron chi connectivity index (χ4n) is 4.40. The summed E-state index contributed by atoms with van der Waals surface area (Å²) < 4.78 is 19.2. The predicted octanol–water partition coefficient (Wildman–Crippen LogP) is 3.77. The Bertz CT molecular complexity index is 960. The minimum atomic E-state index is -0.179. The molecule has 27 heavy (non-hydrogen) atoms. The largest absolute Gasteiger partial charge is 0.378 e. The van der Waals surface area contributed by atoms with Crippen LogP contribution in [0.3, 0.4) is 0 Å². The number of anilines is 1. The number of fused-ring (bicyclic) bond motifs is 3. The van der Waals surface area contributed by atoms with Crippen LogP contribution < -0.4 is 10.2 Å². The molecule has 2 aromatic carbocycles. The maximum absolute atomic E-state index is 13.8. The van der Waals surface area contributed by atoms with Crippen molar-refractivity contribution in [1.29, 1.82) is 0 Å². The minimum Gasteiger partial charge on any atom is -0.378 e. The van der Waals surface area contributed by atoms with E-state index in [9.17, 15) is 4.39 Å². The number of aromatic amines is 1. The van der Waals surface area contributed by atoms with Gasteiger partial charge in [0.15, 0.2) is 0 Å². The van der Waals surface area contributed by atoms with Crippen molar-refractivity contribution in [1.82, 2.24) is 10.3 Å². The van der Waals surface area contributed by atoms with Gasteiger partial charge in [-0.2, -0.15) is 0 Å². The van der Waals surface area contributed by atoms with Gasteiger partial charge in [0.05, 0.1) is 19.3 Å². The Balaban J connectivity index is 1.51. The van der Waals surface area contributed by atoms with Gasteiger partial charge in [-0.25, -0.2) is 4.39 Å². The molecule has 0 bridgehead atoms. The normalized spacial score (nSPS) is 22.8. The van der Waals surface area contributed by atoms with Crippen LogP contribution in [0.15, 0.2) is 42.5 Å². The highest BCUT2D eigenvalue weighted by Gasteiger charge is 2.28. The summed E-state index contributed by atoms with van der Waals surface area (Å²) in [6.07, 6.45) is 0.904. The maximum Gasteiger partial charge on any atom is 0.123 e. The summed E-state index contributed by atoms with van der Waals surface area (Å²) in [6, 6.07) is 14.3. The third-order valence-electron chi connectivity index (χ3n) is 5.75. The van der Waals surface area contributed by atoms with E-state index in [0.29, 0.717) is 6.04 Å². The second kappa shape index (κ2) is 6.66. The molecular weight excluding hydrogens is 341 g/mol. The van der Waals surface area contributed by atoms with E-state index in [1.807, 2.05) is 6.07 Å². The van der Waals surface area contributed by atoms with Gasteiger partial charge in [-0.15, -0.1) is 0 Å². The van der Waals surface area contributed by atoms with E-state index in [1.165, 1.54) is 22.9 Å². The van der Waals surface area contributed by atoms with Crippen molar-refractivity contribution in [3.63, 3.8) is 0 Å². The molecule has 2 aliphatic heterocycles. The Morgan fingerprint density at radius 3 is 2.63 bits per heavy atom. The van der Waals surface area contributed by atoms with Crippen LogP contribution in [0, 0.1) is 5.82 Å². The van der Waals surface area contributed by atoms with Crippen LogP contribution in [0.2, 0.25) is 0 Å². The highest BCUT2D eigenvalue weighted by Crippen LogP contribution is 2.36. The van der Waals surface area contributed by atoms with Crippen molar-refractivity contribution in [2.75, 3.05) is 31.2 Å². The molecule has 0 aliphatic carbocycles. The van der Waals surface area contributed by atoms with Crippen LogP contribution in [0.4, 0.5) is 10.1 Å². The highest BCUT2D eigenvalue weighted by molar-refractivity contribution is 5.85. The van der Waals surface area contributed by atoms with Crippen LogP contribution in [-0.4, -0.2) is 37.3 Å². The monoisotopic (exact) mass is 365 g/mol. The molecule has 1 aromatic heterocycles. The average molecular weight is 365 g/mol. The van der Waals surface area contributed by atoms with Crippen molar-refractivity contribution >= 4 is 16.6 Å². The van der Waals surface area contributed by atoms with Crippen molar-refractivity contribution in [3.05, 3.63) is 65.1 Å². The quantitative estimate of drug-likeness (QED) is 0.726. The zero-order valence-corrected chi connectivity index (χ0v) is 15.5. The zero-order valence-electron chi connectivity index (χ0n) is 15.5. The van der Waals surface area contributed by atoms with Crippen molar-refractivity contribution in [2.24, 2.45) is 0 Å². The number of nitrogens with zero attached hydrogens (tertiary/aromatic N) is 1. The van der Waals surface area contributed by atoms with E-state index in [2.05, 4.69) is 46.4 Å². The number of rotatable bonds is 2. The van der Waals surface area contributed by atoms with Crippen molar-refractivity contribution in [2.45, 2.75) is 25.4 Å². The Morgan fingerprint density at radius 1 is 1.07 bits per heavy atom. The molecule has 3 aromatic rings. The SMILES string of the molecule is C[C@H]1Cc2c([nH]c3ccc(F)cc23)[C@H](c2ccc(N3CCOCC3)cc2)N1. The minimum absolute atomic E-state index is 0.0953. The molecule has 2 aliphatic rings. The fourth-order valence-corrected chi connectivity index (χ4v) is 4.40. The summed E-state index contributed by atoms with van der Waals surface area (Å²) >= 11 is 0. The molecular formula is C22H24FN3O. The third kappa shape index (κ3) is 3.01. The van der Waals surface area contributed by atoms with Gasteiger partial charge in [-0.05, 0) is 54.8 Å². The Kier molecular flexibility index (Phi) is 4.14. The number of benzene rings is 2. The molecule has 1 saturated heterocycles.